The fourth-order valence-corrected chi connectivity index (χ4v) is 4.32. The number of likely N-dealkylation sites (tertiary alicyclic amines) is 1. The van der Waals surface area contributed by atoms with Gasteiger partial charge in [0.2, 0.25) is 0 Å². The van der Waals surface area contributed by atoms with Crippen LogP contribution in [-0.4, -0.2) is 42.6 Å². The molecule has 4 rings (SSSR count). The number of halogens is 1. The summed E-state index contributed by atoms with van der Waals surface area (Å²) >= 11 is 3.53. The number of aromatic nitrogens is 1. The summed E-state index contributed by atoms with van der Waals surface area (Å²) in [5.41, 5.74) is 1.09. The van der Waals surface area contributed by atoms with Crippen molar-refractivity contribution in [3.63, 3.8) is 0 Å². The van der Waals surface area contributed by atoms with Crippen LogP contribution in [0.2, 0.25) is 0 Å². The van der Waals surface area contributed by atoms with Gasteiger partial charge in [-0.2, -0.15) is 0 Å². The Labute approximate surface area is 146 Å². The van der Waals surface area contributed by atoms with Crippen molar-refractivity contribution in [1.29, 1.82) is 0 Å². The van der Waals surface area contributed by atoms with Gasteiger partial charge in [0.25, 0.3) is 0 Å². The number of piperidine rings is 1. The van der Waals surface area contributed by atoms with E-state index < -0.39 is 0 Å². The van der Waals surface area contributed by atoms with Gasteiger partial charge in [0.05, 0.1) is 5.52 Å². The first kappa shape index (κ1) is 15.4. The van der Waals surface area contributed by atoms with Crippen molar-refractivity contribution in [3.8, 4) is 0 Å². The molecule has 0 N–H and O–H groups in total. The summed E-state index contributed by atoms with van der Waals surface area (Å²) in [6, 6.07) is 10.7. The SMILES string of the molecule is Brc1ccc2nc(N3CCC(CN4CCCC4)CC3)ccc2c1. The maximum absolute atomic E-state index is 4.86. The van der Waals surface area contributed by atoms with Crippen LogP contribution in [0.25, 0.3) is 10.9 Å². The highest BCUT2D eigenvalue weighted by Crippen LogP contribution is 2.26. The molecule has 1 aromatic heterocycles. The molecule has 122 valence electrons. The van der Waals surface area contributed by atoms with E-state index in [1.165, 1.54) is 50.7 Å². The molecule has 1 aromatic carbocycles. The molecule has 0 spiro atoms. The summed E-state index contributed by atoms with van der Waals surface area (Å²) in [4.78, 5) is 9.98. The van der Waals surface area contributed by atoms with Crippen LogP contribution in [0, 0.1) is 5.92 Å². The van der Waals surface area contributed by atoms with Gasteiger partial charge in [-0.05, 0) is 75.0 Å². The Bertz CT molecular complexity index is 673. The predicted molar refractivity (Wildman–Crippen MR) is 100 cm³/mol. The van der Waals surface area contributed by atoms with Crippen LogP contribution < -0.4 is 4.90 Å². The minimum atomic E-state index is 0.876. The molecule has 0 amide bonds. The first-order valence-electron chi connectivity index (χ1n) is 8.81. The second kappa shape index (κ2) is 6.78. The molecule has 2 aromatic rings. The molecular weight excluding hydrogens is 350 g/mol. The topological polar surface area (TPSA) is 19.4 Å². The number of pyridine rings is 1. The smallest absolute Gasteiger partial charge is 0.129 e. The van der Waals surface area contributed by atoms with Crippen LogP contribution in [0.1, 0.15) is 25.7 Å². The van der Waals surface area contributed by atoms with Crippen LogP contribution in [0.15, 0.2) is 34.8 Å². The highest BCUT2D eigenvalue weighted by atomic mass is 79.9. The zero-order valence-corrected chi connectivity index (χ0v) is 15.1. The average molecular weight is 374 g/mol. The number of benzene rings is 1. The second-order valence-electron chi connectivity index (χ2n) is 6.94. The lowest BCUT2D eigenvalue weighted by molar-refractivity contribution is 0.249. The molecule has 0 unspecified atom stereocenters. The van der Waals surface area contributed by atoms with Gasteiger partial charge in [0, 0.05) is 29.5 Å². The van der Waals surface area contributed by atoms with E-state index >= 15 is 0 Å². The van der Waals surface area contributed by atoms with E-state index in [0.29, 0.717) is 0 Å². The maximum atomic E-state index is 4.86. The second-order valence-corrected chi connectivity index (χ2v) is 7.86. The Morgan fingerprint density at radius 3 is 2.57 bits per heavy atom. The van der Waals surface area contributed by atoms with Gasteiger partial charge < -0.3 is 9.80 Å². The molecule has 0 radical (unpaired) electrons. The van der Waals surface area contributed by atoms with E-state index in [0.717, 1.165) is 34.8 Å². The van der Waals surface area contributed by atoms with Crippen molar-refractivity contribution in [2.75, 3.05) is 37.6 Å². The molecule has 23 heavy (non-hydrogen) atoms. The van der Waals surface area contributed by atoms with Crippen molar-refractivity contribution >= 4 is 32.7 Å². The van der Waals surface area contributed by atoms with E-state index in [9.17, 15) is 0 Å². The fourth-order valence-electron chi connectivity index (χ4n) is 3.94. The zero-order valence-electron chi connectivity index (χ0n) is 13.5. The van der Waals surface area contributed by atoms with Gasteiger partial charge in [0.1, 0.15) is 5.82 Å². The number of hydrogen-bond acceptors (Lipinski definition) is 3. The van der Waals surface area contributed by atoms with Crippen LogP contribution in [0.5, 0.6) is 0 Å². The third-order valence-electron chi connectivity index (χ3n) is 5.29. The van der Waals surface area contributed by atoms with Crippen molar-refractivity contribution in [2.24, 2.45) is 5.92 Å². The minimum Gasteiger partial charge on any atom is -0.357 e. The molecule has 0 aliphatic carbocycles. The Kier molecular flexibility index (Phi) is 4.54. The third kappa shape index (κ3) is 3.53. The van der Waals surface area contributed by atoms with Gasteiger partial charge in [-0.1, -0.05) is 15.9 Å². The van der Waals surface area contributed by atoms with Crippen molar-refractivity contribution in [3.05, 3.63) is 34.8 Å². The van der Waals surface area contributed by atoms with Gasteiger partial charge in [-0.3, -0.25) is 0 Å². The van der Waals surface area contributed by atoms with Crippen molar-refractivity contribution < 1.29 is 0 Å². The summed E-state index contributed by atoms with van der Waals surface area (Å²) in [6.07, 6.45) is 5.40. The Morgan fingerprint density at radius 1 is 1.00 bits per heavy atom. The third-order valence-corrected chi connectivity index (χ3v) is 5.78. The van der Waals surface area contributed by atoms with Crippen molar-refractivity contribution in [1.82, 2.24) is 9.88 Å². The highest BCUT2D eigenvalue weighted by molar-refractivity contribution is 9.10. The summed E-state index contributed by atoms with van der Waals surface area (Å²) < 4.78 is 1.11. The maximum Gasteiger partial charge on any atom is 0.129 e. The van der Waals surface area contributed by atoms with Crippen LogP contribution in [0.3, 0.4) is 0 Å². The van der Waals surface area contributed by atoms with E-state index in [-0.39, 0.29) is 0 Å². The first-order chi connectivity index (χ1) is 11.3. The summed E-state index contributed by atoms with van der Waals surface area (Å²) in [6.45, 7) is 6.25. The average Bonchev–Trinajstić information content (AvgIpc) is 3.08. The fraction of sp³-hybridized carbons (Fsp3) is 0.526. The van der Waals surface area contributed by atoms with E-state index in [2.05, 4.69) is 56.1 Å². The molecule has 2 saturated heterocycles. The lowest BCUT2D eigenvalue weighted by Crippen LogP contribution is -2.38. The van der Waals surface area contributed by atoms with Gasteiger partial charge in [-0.15, -0.1) is 0 Å². The Balaban J connectivity index is 1.40. The highest BCUT2D eigenvalue weighted by Gasteiger charge is 2.23. The monoisotopic (exact) mass is 373 g/mol. The van der Waals surface area contributed by atoms with E-state index in [1.54, 1.807) is 0 Å². The molecular formula is C19H24BrN3. The standard InChI is InChI=1S/C19H24BrN3/c20-17-4-5-18-16(13-17)3-6-19(21-18)23-11-7-15(8-12-23)14-22-9-1-2-10-22/h3-6,13,15H,1-2,7-12,14H2. The van der Waals surface area contributed by atoms with E-state index in [4.69, 9.17) is 4.98 Å². The zero-order chi connectivity index (χ0) is 15.6. The Morgan fingerprint density at radius 2 is 1.78 bits per heavy atom. The molecule has 2 aliphatic heterocycles. The van der Waals surface area contributed by atoms with Gasteiger partial charge in [-0.25, -0.2) is 4.98 Å². The lowest BCUT2D eigenvalue weighted by Gasteiger charge is -2.34. The van der Waals surface area contributed by atoms with Crippen LogP contribution in [0.4, 0.5) is 5.82 Å². The molecule has 0 atom stereocenters. The Hall–Kier alpha value is -1.13. The summed E-state index contributed by atoms with van der Waals surface area (Å²) in [5, 5.41) is 1.20. The molecule has 2 fully saturated rings. The van der Waals surface area contributed by atoms with E-state index in [1.807, 2.05) is 0 Å². The van der Waals surface area contributed by atoms with Crippen molar-refractivity contribution in [2.45, 2.75) is 25.7 Å². The molecule has 0 bridgehead atoms. The first-order valence-corrected chi connectivity index (χ1v) is 9.61. The number of rotatable bonds is 3. The van der Waals surface area contributed by atoms with Gasteiger partial charge in [0.15, 0.2) is 0 Å². The largest absolute Gasteiger partial charge is 0.357 e. The number of nitrogens with zero attached hydrogens (tertiary/aromatic N) is 3. The predicted octanol–water partition coefficient (Wildman–Crippen LogP) is 4.31. The normalized spacial score (nSPS) is 20.5. The number of hydrogen-bond donors (Lipinski definition) is 0. The number of anilines is 1. The van der Waals surface area contributed by atoms with Crippen LogP contribution >= 0.6 is 15.9 Å². The molecule has 4 heteroatoms. The van der Waals surface area contributed by atoms with Crippen LogP contribution in [-0.2, 0) is 0 Å². The minimum absolute atomic E-state index is 0.876. The molecule has 2 aliphatic rings. The molecule has 3 heterocycles. The molecule has 0 saturated carbocycles. The lowest BCUT2D eigenvalue weighted by atomic mass is 9.96. The summed E-state index contributed by atoms with van der Waals surface area (Å²) in [5.74, 6) is 2.01. The summed E-state index contributed by atoms with van der Waals surface area (Å²) in [7, 11) is 0. The van der Waals surface area contributed by atoms with Gasteiger partial charge >= 0.3 is 0 Å². The number of fused-ring (bicyclic) bond motifs is 1. The molecule has 3 nitrogen and oxygen atoms in total. The quantitative estimate of drug-likeness (QED) is 0.798.